The molecule has 1 aromatic rings. The van der Waals surface area contributed by atoms with Crippen LogP contribution in [0.3, 0.4) is 0 Å². The number of likely N-dealkylation sites (N-methyl/N-ethyl adjacent to an activating group) is 1. The molecule has 1 amide bonds. The first kappa shape index (κ1) is 20.8. The average Bonchev–Trinajstić information content (AvgIpc) is 2.54. The van der Waals surface area contributed by atoms with Crippen LogP contribution in [0.5, 0.6) is 0 Å². The highest BCUT2D eigenvalue weighted by molar-refractivity contribution is 5.91. The van der Waals surface area contributed by atoms with Gasteiger partial charge in [-0.2, -0.15) is 0 Å². The van der Waals surface area contributed by atoms with E-state index in [4.69, 9.17) is 14.6 Å². The van der Waals surface area contributed by atoms with Crippen molar-refractivity contribution in [3.8, 4) is 0 Å². The third kappa shape index (κ3) is 7.39. The van der Waals surface area contributed by atoms with Gasteiger partial charge in [-0.1, -0.05) is 12.1 Å². The first-order chi connectivity index (χ1) is 12.2. The van der Waals surface area contributed by atoms with Crippen LogP contribution in [0.15, 0.2) is 24.3 Å². The highest BCUT2D eigenvalue weighted by Gasteiger charge is 2.28. The van der Waals surface area contributed by atoms with E-state index in [1.54, 1.807) is 0 Å². The first-order valence-corrected chi connectivity index (χ1v) is 9.00. The SMILES string of the molecule is C[N+](C)(C)CC(=O)Nc1ccc(CCOC2CC(O)CC(CO)O2)cc1. The minimum Gasteiger partial charge on any atom is -0.394 e. The highest BCUT2D eigenvalue weighted by atomic mass is 16.7. The van der Waals surface area contributed by atoms with Crippen molar-refractivity contribution in [3.63, 3.8) is 0 Å². The molecule has 0 spiro atoms. The Hall–Kier alpha value is -1.51. The molecular formula is C19H31N2O5+. The van der Waals surface area contributed by atoms with Crippen molar-refractivity contribution >= 4 is 11.6 Å². The molecule has 1 saturated heterocycles. The predicted octanol–water partition coefficient (Wildman–Crippen LogP) is 0.749. The molecule has 0 aromatic heterocycles. The van der Waals surface area contributed by atoms with Gasteiger partial charge >= 0.3 is 0 Å². The standard InChI is InChI=1S/C19H30N2O5/c1-21(2,3)12-18(24)20-15-6-4-14(5-7-15)8-9-25-19-11-16(23)10-17(13-22)26-19/h4-7,16-17,19,22-23H,8-13H2,1-3H3/p+1. The Morgan fingerprint density at radius 3 is 2.58 bits per heavy atom. The lowest BCUT2D eigenvalue weighted by Gasteiger charge is -2.32. The van der Waals surface area contributed by atoms with Crippen LogP contribution in [0.4, 0.5) is 5.69 Å². The van der Waals surface area contributed by atoms with Gasteiger partial charge in [0.25, 0.3) is 5.91 Å². The highest BCUT2D eigenvalue weighted by Crippen LogP contribution is 2.20. The third-order valence-corrected chi connectivity index (χ3v) is 4.10. The van der Waals surface area contributed by atoms with Crippen LogP contribution in [0.25, 0.3) is 0 Å². The van der Waals surface area contributed by atoms with Crippen LogP contribution in [-0.2, 0) is 20.7 Å². The molecule has 146 valence electrons. The van der Waals surface area contributed by atoms with Crippen LogP contribution in [0, 0.1) is 0 Å². The maximum Gasteiger partial charge on any atom is 0.279 e. The summed E-state index contributed by atoms with van der Waals surface area (Å²) in [6, 6.07) is 7.67. The summed E-state index contributed by atoms with van der Waals surface area (Å²) in [7, 11) is 5.92. The summed E-state index contributed by atoms with van der Waals surface area (Å²) in [5.74, 6) is -0.0139. The van der Waals surface area contributed by atoms with Gasteiger partial charge in [0.2, 0.25) is 0 Å². The largest absolute Gasteiger partial charge is 0.394 e. The van der Waals surface area contributed by atoms with Gasteiger partial charge in [0.05, 0.1) is 46.6 Å². The molecule has 0 bridgehead atoms. The number of rotatable bonds is 8. The van der Waals surface area contributed by atoms with Gasteiger partial charge in [0.1, 0.15) is 0 Å². The van der Waals surface area contributed by atoms with Gasteiger partial charge in [-0.3, -0.25) is 4.79 Å². The smallest absolute Gasteiger partial charge is 0.279 e. The zero-order chi connectivity index (χ0) is 19.2. The number of aliphatic hydroxyl groups excluding tert-OH is 2. The monoisotopic (exact) mass is 367 g/mol. The number of aliphatic hydroxyl groups is 2. The lowest BCUT2D eigenvalue weighted by molar-refractivity contribution is -0.861. The van der Waals surface area contributed by atoms with E-state index in [0.717, 1.165) is 11.3 Å². The fraction of sp³-hybridized carbons (Fsp3) is 0.632. The number of hydrogen-bond acceptors (Lipinski definition) is 5. The average molecular weight is 367 g/mol. The van der Waals surface area contributed by atoms with Crippen LogP contribution in [0.2, 0.25) is 0 Å². The van der Waals surface area contributed by atoms with Crippen LogP contribution in [-0.4, -0.2) is 80.0 Å². The number of carbonyl (C=O) groups is 1. The fourth-order valence-corrected chi connectivity index (χ4v) is 2.87. The molecule has 2 rings (SSSR count). The Morgan fingerprint density at radius 1 is 1.27 bits per heavy atom. The Balaban J connectivity index is 1.74. The summed E-state index contributed by atoms with van der Waals surface area (Å²) in [4.78, 5) is 11.9. The molecule has 3 N–H and O–H groups in total. The van der Waals surface area contributed by atoms with Crippen molar-refractivity contribution in [1.29, 1.82) is 0 Å². The van der Waals surface area contributed by atoms with Crippen molar-refractivity contribution < 1.29 is 29.0 Å². The summed E-state index contributed by atoms with van der Waals surface area (Å²) in [6.45, 7) is 0.763. The van der Waals surface area contributed by atoms with Crippen LogP contribution < -0.4 is 5.32 Å². The van der Waals surface area contributed by atoms with Crippen LogP contribution >= 0.6 is 0 Å². The van der Waals surface area contributed by atoms with E-state index in [1.807, 2.05) is 45.4 Å². The molecule has 0 radical (unpaired) electrons. The summed E-state index contributed by atoms with van der Waals surface area (Å²) in [6.07, 6.45) is 0.224. The summed E-state index contributed by atoms with van der Waals surface area (Å²) >= 11 is 0. The van der Waals surface area contributed by atoms with Crippen LogP contribution in [0.1, 0.15) is 18.4 Å². The molecule has 3 unspecified atom stereocenters. The maximum absolute atomic E-state index is 11.9. The minimum absolute atomic E-state index is 0.0139. The molecule has 1 aliphatic heterocycles. The minimum atomic E-state index is -0.500. The number of amides is 1. The van der Waals surface area contributed by atoms with Crippen molar-refractivity contribution in [2.24, 2.45) is 0 Å². The predicted molar refractivity (Wildman–Crippen MR) is 98.6 cm³/mol. The van der Waals surface area contributed by atoms with E-state index in [-0.39, 0.29) is 18.6 Å². The molecular weight excluding hydrogens is 336 g/mol. The maximum atomic E-state index is 11.9. The number of carbonyl (C=O) groups excluding carboxylic acids is 1. The number of nitrogens with zero attached hydrogens (tertiary/aromatic N) is 1. The molecule has 3 atom stereocenters. The van der Waals surface area contributed by atoms with Gasteiger partial charge < -0.3 is 29.5 Å². The second kappa shape index (κ2) is 9.43. The van der Waals surface area contributed by atoms with E-state index in [1.165, 1.54) is 0 Å². The van der Waals surface area contributed by atoms with Crippen molar-refractivity contribution in [3.05, 3.63) is 29.8 Å². The number of quaternary nitrogens is 1. The Bertz CT molecular complexity index is 570. The molecule has 1 heterocycles. The molecule has 7 nitrogen and oxygen atoms in total. The number of anilines is 1. The normalized spacial score (nSPS) is 23.7. The summed E-state index contributed by atoms with van der Waals surface area (Å²) in [5, 5.41) is 21.8. The van der Waals surface area contributed by atoms with Crippen molar-refractivity contribution in [2.45, 2.75) is 37.8 Å². The summed E-state index contributed by atoms with van der Waals surface area (Å²) < 4.78 is 11.8. The lowest BCUT2D eigenvalue weighted by Crippen LogP contribution is -2.41. The molecule has 1 aromatic carbocycles. The molecule has 7 heteroatoms. The topological polar surface area (TPSA) is 88.0 Å². The molecule has 26 heavy (non-hydrogen) atoms. The Labute approximate surface area is 155 Å². The zero-order valence-corrected chi connectivity index (χ0v) is 15.9. The quantitative estimate of drug-likeness (QED) is 0.590. The van der Waals surface area contributed by atoms with Gasteiger partial charge in [-0.15, -0.1) is 0 Å². The zero-order valence-electron chi connectivity index (χ0n) is 15.9. The fourth-order valence-electron chi connectivity index (χ4n) is 2.87. The number of nitrogens with one attached hydrogen (secondary N) is 1. The summed E-state index contributed by atoms with van der Waals surface area (Å²) in [5.41, 5.74) is 1.86. The lowest BCUT2D eigenvalue weighted by atomic mass is 10.1. The molecule has 1 fully saturated rings. The van der Waals surface area contributed by atoms with E-state index in [2.05, 4.69) is 5.32 Å². The van der Waals surface area contributed by atoms with E-state index >= 15 is 0 Å². The number of ether oxygens (including phenoxy) is 2. The van der Waals surface area contributed by atoms with Gasteiger partial charge in [-0.05, 0) is 24.1 Å². The van der Waals surface area contributed by atoms with E-state index in [0.29, 0.717) is 36.9 Å². The molecule has 0 saturated carbocycles. The van der Waals surface area contributed by atoms with Crippen molar-refractivity contribution in [2.75, 3.05) is 46.2 Å². The van der Waals surface area contributed by atoms with Crippen molar-refractivity contribution in [1.82, 2.24) is 0 Å². The molecule has 0 aliphatic carbocycles. The van der Waals surface area contributed by atoms with Gasteiger partial charge in [0.15, 0.2) is 12.8 Å². The number of hydrogen-bond donors (Lipinski definition) is 3. The van der Waals surface area contributed by atoms with Gasteiger partial charge in [0, 0.05) is 18.5 Å². The molecule has 1 aliphatic rings. The Morgan fingerprint density at radius 2 is 1.96 bits per heavy atom. The third-order valence-electron chi connectivity index (χ3n) is 4.10. The van der Waals surface area contributed by atoms with E-state index < -0.39 is 12.4 Å². The van der Waals surface area contributed by atoms with E-state index in [9.17, 15) is 9.90 Å². The second-order valence-corrected chi connectivity index (χ2v) is 7.81. The van der Waals surface area contributed by atoms with Gasteiger partial charge in [-0.25, -0.2) is 0 Å². The Kier molecular flexibility index (Phi) is 7.55. The first-order valence-electron chi connectivity index (χ1n) is 9.00. The second-order valence-electron chi connectivity index (χ2n) is 7.81. The number of benzene rings is 1.